The lowest BCUT2D eigenvalue weighted by Crippen LogP contribution is -2.30. The Kier molecular flexibility index (Phi) is 4.45. The Hall–Kier alpha value is -2.57. The molecule has 1 atom stereocenters. The highest BCUT2D eigenvalue weighted by Crippen LogP contribution is 2.19. The normalized spacial score (nSPS) is 12.1. The molecule has 0 aliphatic heterocycles. The Morgan fingerprint density at radius 2 is 2.13 bits per heavy atom. The second-order valence-corrected chi connectivity index (χ2v) is 5.23. The largest absolute Gasteiger partial charge is 0.467 e. The van der Waals surface area contributed by atoms with Crippen molar-refractivity contribution in [1.82, 2.24) is 15.1 Å². The zero-order valence-electron chi connectivity index (χ0n) is 12.0. The number of halogens is 1. The van der Waals surface area contributed by atoms with Crippen LogP contribution in [0.1, 0.15) is 22.3 Å². The fraction of sp³-hybridized carbons (Fsp3) is 0.125. The molecule has 0 saturated carbocycles. The van der Waals surface area contributed by atoms with Crippen LogP contribution in [0, 0.1) is 0 Å². The van der Waals surface area contributed by atoms with Crippen LogP contribution in [-0.4, -0.2) is 27.4 Å². The van der Waals surface area contributed by atoms with Gasteiger partial charge >= 0.3 is 0 Å². The molecule has 3 rings (SSSR count). The maximum Gasteiger partial charge on any atom is 0.272 e. The first-order valence-electron chi connectivity index (χ1n) is 6.94. The minimum absolute atomic E-state index is 0.218. The standard InChI is InChI=1S/C16H14ClN3O3/c17-11-4-1-2-5-14(11)20-8-7-12(19-20)16(22)18-13(10-21)15-6-3-9-23-15/h1-9,13,21H,10H2,(H,18,22). The van der Waals surface area contributed by atoms with Gasteiger partial charge in [-0.3, -0.25) is 4.79 Å². The molecular formula is C16H14ClN3O3. The molecule has 1 aromatic carbocycles. The predicted octanol–water partition coefficient (Wildman–Crippen LogP) is 2.58. The highest BCUT2D eigenvalue weighted by atomic mass is 35.5. The second kappa shape index (κ2) is 6.68. The third-order valence-electron chi connectivity index (χ3n) is 3.30. The molecule has 2 aromatic heterocycles. The van der Waals surface area contributed by atoms with Gasteiger partial charge in [-0.15, -0.1) is 0 Å². The highest BCUT2D eigenvalue weighted by molar-refractivity contribution is 6.32. The van der Waals surface area contributed by atoms with E-state index < -0.39 is 11.9 Å². The summed E-state index contributed by atoms with van der Waals surface area (Å²) in [4.78, 5) is 12.3. The van der Waals surface area contributed by atoms with Gasteiger partial charge in [-0.1, -0.05) is 23.7 Å². The minimum Gasteiger partial charge on any atom is -0.467 e. The smallest absolute Gasteiger partial charge is 0.272 e. The van der Waals surface area contributed by atoms with Crippen LogP contribution < -0.4 is 5.32 Å². The average molecular weight is 332 g/mol. The van der Waals surface area contributed by atoms with Gasteiger partial charge in [0, 0.05) is 6.20 Å². The van der Waals surface area contributed by atoms with E-state index in [9.17, 15) is 9.90 Å². The maximum absolute atomic E-state index is 12.3. The first-order chi connectivity index (χ1) is 11.2. The van der Waals surface area contributed by atoms with Crippen molar-refractivity contribution in [2.75, 3.05) is 6.61 Å². The molecule has 0 radical (unpaired) electrons. The molecule has 0 spiro atoms. The molecule has 7 heteroatoms. The SMILES string of the molecule is O=C(NC(CO)c1ccco1)c1ccn(-c2ccccc2Cl)n1. The topological polar surface area (TPSA) is 80.3 Å². The fourth-order valence-corrected chi connectivity index (χ4v) is 2.37. The van der Waals surface area contributed by atoms with E-state index in [0.29, 0.717) is 16.5 Å². The van der Waals surface area contributed by atoms with E-state index in [2.05, 4.69) is 10.4 Å². The zero-order valence-corrected chi connectivity index (χ0v) is 12.8. The van der Waals surface area contributed by atoms with E-state index in [-0.39, 0.29) is 12.3 Å². The van der Waals surface area contributed by atoms with Crippen LogP contribution in [0.2, 0.25) is 5.02 Å². The quantitative estimate of drug-likeness (QED) is 0.753. The molecule has 0 fully saturated rings. The molecule has 0 aliphatic carbocycles. The summed E-state index contributed by atoms with van der Waals surface area (Å²) in [5.74, 6) is 0.0673. The van der Waals surface area contributed by atoms with Crippen molar-refractivity contribution in [2.24, 2.45) is 0 Å². The number of furan rings is 1. The van der Waals surface area contributed by atoms with E-state index >= 15 is 0 Å². The highest BCUT2D eigenvalue weighted by Gasteiger charge is 2.19. The number of nitrogens with zero attached hydrogens (tertiary/aromatic N) is 2. The third kappa shape index (κ3) is 3.28. The number of amides is 1. The maximum atomic E-state index is 12.3. The lowest BCUT2D eigenvalue weighted by molar-refractivity contribution is 0.0902. The Bertz CT molecular complexity index is 799. The lowest BCUT2D eigenvalue weighted by atomic mass is 10.2. The number of hydrogen-bond acceptors (Lipinski definition) is 4. The van der Waals surface area contributed by atoms with Gasteiger partial charge in [0.15, 0.2) is 5.69 Å². The van der Waals surface area contributed by atoms with Crippen LogP contribution in [0.15, 0.2) is 59.3 Å². The molecule has 0 saturated heterocycles. The number of nitrogens with one attached hydrogen (secondary N) is 1. The fourth-order valence-electron chi connectivity index (χ4n) is 2.15. The molecule has 1 unspecified atom stereocenters. The van der Waals surface area contributed by atoms with Crippen molar-refractivity contribution in [3.05, 3.63) is 71.4 Å². The van der Waals surface area contributed by atoms with Crippen LogP contribution in [0.5, 0.6) is 0 Å². The van der Waals surface area contributed by atoms with Gasteiger partial charge in [-0.2, -0.15) is 5.10 Å². The lowest BCUT2D eigenvalue weighted by Gasteiger charge is -2.12. The molecule has 2 N–H and O–H groups in total. The molecule has 0 aliphatic rings. The molecule has 3 aromatic rings. The van der Waals surface area contributed by atoms with Gasteiger partial charge in [0.05, 0.1) is 23.6 Å². The summed E-state index contributed by atoms with van der Waals surface area (Å²) >= 11 is 6.12. The van der Waals surface area contributed by atoms with Gasteiger partial charge in [-0.05, 0) is 30.3 Å². The van der Waals surface area contributed by atoms with Crippen LogP contribution in [0.25, 0.3) is 5.69 Å². The first kappa shape index (κ1) is 15.3. The van der Waals surface area contributed by atoms with Crippen molar-refractivity contribution in [3.63, 3.8) is 0 Å². The van der Waals surface area contributed by atoms with E-state index in [0.717, 1.165) is 0 Å². The summed E-state index contributed by atoms with van der Waals surface area (Å²) in [6.45, 7) is -0.273. The van der Waals surface area contributed by atoms with E-state index in [1.165, 1.54) is 10.9 Å². The Morgan fingerprint density at radius 3 is 2.83 bits per heavy atom. The average Bonchev–Trinajstić information content (AvgIpc) is 3.24. The van der Waals surface area contributed by atoms with E-state index in [1.54, 1.807) is 36.5 Å². The Balaban J connectivity index is 1.78. The second-order valence-electron chi connectivity index (χ2n) is 4.82. The summed E-state index contributed by atoms with van der Waals surface area (Å²) in [5.41, 5.74) is 0.896. The van der Waals surface area contributed by atoms with Gasteiger partial charge in [-0.25, -0.2) is 4.68 Å². The van der Waals surface area contributed by atoms with Gasteiger partial charge in [0.1, 0.15) is 11.8 Å². The number of hydrogen-bond donors (Lipinski definition) is 2. The summed E-state index contributed by atoms with van der Waals surface area (Å²) in [6, 6.07) is 11.5. The van der Waals surface area contributed by atoms with Crippen molar-refractivity contribution in [2.45, 2.75) is 6.04 Å². The summed E-state index contributed by atoms with van der Waals surface area (Å²) < 4.78 is 6.72. The number of benzene rings is 1. The van der Waals surface area contributed by atoms with Gasteiger partial charge in [0.2, 0.25) is 0 Å². The molecule has 2 heterocycles. The minimum atomic E-state index is -0.622. The molecule has 0 bridgehead atoms. The number of aliphatic hydroxyl groups excluding tert-OH is 1. The first-order valence-corrected chi connectivity index (χ1v) is 7.32. The van der Waals surface area contributed by atoms with Gasteiger partial charge < -0.3 is 14.8 Å². The summed E-state index contributed by atoms with van der Waals surface area (Å²) in [7, 11) is 0. The molecule has 1 amide bonds. The van der Waals surface area contributed by atoms with E-state index in [1.807, 2.05) is 12.1 Å². The van der Waals surface area contributed by atoms with Crippen LogP contribution in [0.3, 0.4) is 0 Å². The van der Waals surface area contributed by atoms with Crippen molar-refractivity contribution < 1.29 is 14.3 Å². The molecule has 6 nitrogen and oxygen atoms in total. The summed E-state index contributed by atoms with van der Waals surface area (Å²) in [6.07, 6.45) is 3.13. The number of carbonyl (C=O) groups is 1. The predicted molar refractivity (Wildman–Crippen MR) is 84.6 cm³/mol. The number of para-hydroxylation sites is 1. The monoisotopic (exact) mass is 331 g/mol. The van der Waals surface area contributed by atoms with Crippen LogP contribution in [-0.2, 0) is 0 Å². The van der Waals surface area contributed by atoms with E-state index in [4.69, 9.17) is 16.0 Å². The van der Waals surface area contributed by atoms with Crippen LogP contribution in [0.4, 0.5) is 0 Å². The van der Waals surface area contributed by atoms with Crippen molar-refractivity contribution in [3.8, 4) is 5.69 Å². The van der Waals surface area contributed by atoms with Gasteiger partial charge in [0.25, 0.3) is 5.91 Å². The number of aliphatic hydroxyl groups is 1. The third-order valence-corrected chi connectivity index (χ3v) is 3.62. The van der Waals surface area contributed by atoms with Crippen molar-refractivity contribution >= 4 is 17.5 Å². The molecule has 23 heavy (non-hydrogen) atoms. The molecular weight excluding hydrogens is 318 g/mol. The summed E-state index contributed by atoms with van der Waals surface area (Å²) in [5, 5.41) is 16.8. The molecule has 118 valence electrons. The number of aromatic nitrogens is 2. The number of carbonyl (C=O) groups excluding carboxylic acids is 1. The Morgan fingerprint density at radius 1 is 1.30 bits per heavy atom. The van der Waals surface area contributed by atoms with Crippen LogP contribution >= 0.6 is 11.6 Å². The van der Waals surface area contributed by atoms with Crippen molar-refractivity contribution in [1.29, 1.82) is 0 Å². The number of rotatable bonds is 5. The Labute approximate surface area is 137 Å². The zero-order chi connectivity index (χ0) is 16.2.